The number of fused-ring (bicyclic) bond motifs is 1. The average molecular weight is 321 g/mol. The zero-order valence-electron chi connectivity index (χ0n) is 14.0. The minimum atomic E-state index is 0.0215. The van der Waals surface area contributed by atoms with Crippen molar-refractivity contribution in [2.45, 2.75) is 32.4 Å². The lowest BCUT2D eigenvalue weighted by Crippen LogP contribution is -2.36. The molecular formula is C20H23N3O. The molecule has 0 atom stereocenters. The third kappa shape index (κ3) is 2.89. The Morgan fingerprint density at radius 1 is 1.04 bits per heavy atom. The molecule has 1 fully saturated rings. The predicted octanol–water partition coefficient (Wildman–Crippen LogP) is 3.48. The van der Waals surface area contributed by atoms with Crippen molar-refractivity contribution in [1.82, 2.24) is 14.5 Å². The second-order valence-electron chi connectivity index (χ2n) is 6.81. The fraction of sp³-hybridized carbons (Fsp3) is 0.350. The molecule has 0 amide bonds. The number of para-hydroxylation sites is 2. The molecule has 0 unspecified atom stereocenters. The highest BCUT2D eigenvalue weighted by molar-refractivity contribution is 5.75. The third-order valence-electron chi connectivity index (χ3n) is 5.07. The maximum Gasteiger partial charge on any atom is 0.326 e. The number of nitrogens with one attached hydrogen (secondary N) is 1. The normalized spacial score (nSPS) is 16.7. The van der Waals surface area contributed by atoms with Gasteiger partial charge < -0.3 is 4.98 Å². The lowest BCUT2D eigenvalue weighted by molar-refractivity contribution is 0.180. The first kappa shape index (κ1) is 15.2. The Hall–Kier alpha value is -2.33. The molecule has 1 aliphatic rings. The summed E-state index contributed by atoms with van der Waals surface area (Å²) in [6, 6.07) is 17.0. The first-order valence-corrected chi connectivity index (χ1v) is 8.68. The van der Waals surface area contributed by atoms with Crippen molar-refractivity contribution in [3.8, 4) is 0 Å². The van der Waals surface area contributed by atoms with E-state index >= 15 is 0 Å². The Kier molecular flexibility index (Phi) is 3.98. The molecule has 2 aromatic carbocycles. The number of rotatable bonds is 3. The van der Waals surface area contributed by atoms with Crippen LogP contribution in [-0.4, -0.2) is 27.5 Å². The fourth-order valence-electron chi connectivity index (χ4n) is 3.72. The van der Waals surface area contributed by atoms with Crippen LogP contribution in [0.5, 0.6) is 0 Å². The minimum absolute atomic E-state index is 0.0215. The highest BCUT2D eigenvalue weighted by atomic mass is 16.1. The molecule has 4 heteroatoms. The van der Waals surface area contributed by atoms with E-state index < -0.39 is 0 Å². The van der Waals surface area contributed by atoms with Gasteiger partial charge in [-0.3, -0.25) is 9.47 Å². The molecule has 1 saturated heterocycles. The maximum absolute atomic E-state index is 12.3. The van der Waals surface area contributed by atoms with E-state index in [2.05, 4.69) is 41.1 Å². The molecule has 0 spiro atoms. The topological polar surface area (TPSA) is 41.0 Å². The van der Waals surface area contributed by atoms with Crippen molar-refractivity contribution in [1.29, 1.82) is 0 Å². The number of likely N-dealkylation sites (tertiary alicyclic amines) is 1. The Balaban J connectivity index is 1.46. The van der Waals surface area contributed by atoms with Gasteiger partial charge in [-0.25, -0.2) is 4.79 Å². The molecule has 1 aromatic heterocycles. The number of piperidine rings is 1. The van der Waals surface area contributed by atoms with Crippen molar-refractivity contribution < 1.29 is 0 Å². The van der Waals surface area contributed by atoms with Gasteiger partial charge in [0.15, 0.2) is 0 Å². The van der Waals surface area contributed by atoms with Crippen LogP contribution < -0.4 is 5.69 Å². The molecule has 0 aliphatic carbocycles. The highest BCUT2D eigenvalue weighted by Crippen LogP contribution is 2.25. The molecule has 1 N–H and O–H groups in total. The van der Waals surface area contributed by atoms with E-state index in [9.17, 15) is 4.79 Å². The van der Waals surface area contributed by atoms with Gasteiger partial charge in [0.25, 0.3) is 0 Å². The predicted molar refractivity (Wildman–Crippen MR) is 97.3 cm³/mol. The van der Waals surface area contributed by atoms with E-state index in [-0.39, 0.29) is 5.69 Å². The van der Waals surface area contributed by atoms with Crippen molar-refractivity contribution in [3.63, 3.8) is 0 Å². The molecule has 24 heavy (non-hydrogen) atoms. The number of nitrogens with zero attached hydrogens (tertiary/aromatic N) is 2. The molecule has 0 saturated carbocycles. The number of hydrogen-bond donors (Lipinski definition) is 1. The Labute approximate surface area is 141 Å². The van der Waals surface area contributed by atoms with Gasteiger partial charge in [-0.2, -0.15) is 0 Å². The SMILES string of the molecule is Cc1ccc(CN2CCC(n3c(=O)[nH]c4ccccc43)CC2)cc1. The summed E-state index contributed by atoms with van der Waals surface area (Å²) in [5.74, 6) is 0. The molecule has 0 radical (unpaired) electrons. The molecular weight excluding hydrogens is 298 g/mol. The van der Waals surface area contributed by atoms with E-state index in [1.165, 1.54) is 11.1 Å². The number of aromatic amines is 1. The van der Waals surface area contributed by atoms with Crippen molar-refractivity contribution in [3.05, 3.63) is 70.1 Å². The van der Waals surface area contributed by atoms with Crippen LogP contribution in [0, 0.1) is 6.92 Å². The van der Waals surface area contributed by atoms with Gasteiger partial charge in [0.05, 0.1) is 11.0 Å². The molecule has 124 valence electrons. The molecule has 0 bridgehead atoms. The summed E-state index contributed by atoms with van der Waals surface area (Å²) in [5.41, 5.74) is 4.65. The van der Waals surface area contributed by atoms with Crippen LogP contribution in [0.2, 0.25) is 0 Å². The summed E-state index contributed by atoms with van der Waals surface area (Å²) >= 11 is 0. The number of aromatic nitrogens is 2. The molecule has 4 rings (SSSR count). The third-order valence-corrected chi connectivity index (χ3v) is 5.07. The van der Waals surface area contributed by atoms with Gasteiger partial charge in [-0.15, -0.1) is 0 Å². The molecule has 4 nitrogen and oxygen atoms in total. The lowest BCUT2D eigenvalue weighted by Gasteiger charge is -2.32. The highest BCUT2D eigenvalue weighted by Gasteiger charge is 2.23. The number of H-pyrrole nitrogens is 1. The molecule has 3 aromatic rings. The summed E-state index contributed by atoms with van der Waals surface area (Å²) < 4.78 is 1.96. The molecule has 1 aliphatic heterocycles. The van der Waals surface area contributed by atoms with Crippen molar-refractivity contribution in [2.24, 2.45) is 0 Å². The van der Waals surface area contributed by atoms with E-state index in [1.807, 2.05) is 28.8 Å². The average Bonchev–Trinajstić information content (AvgIpc) is 2.93. The Morgan fingerprint density at radius 2 is 1.75 bits per heavy atom. The van der Waals surface area contributed by atoms with Crippen molar-refractivity contribution >= 4 is 11.0 Å². The van der Waals surface area contributed by atoms with Gasteiger partial charge in [0.1, 0.15) is 0 Å². The number of aryl methyl sites for hydroxylation is 1. The summed E-state index contributed by atoms with van der Waals surface area (Å²) in [4.78, 5) is 17.8. The van der Waals surface area contributed by atoms with Crippen LogP contribution in [0.25, 0.3) is 11.0 Å². The number of hydrogen-bond acceptors (Lipinski definition) is 2. The van der Waals surface area contributed by atoms with Crippen LogP contribution in [0.4, 0.5) is 0 Å². The first-order chi connectivity index (χ1) is 11.7. The van der Waals surface area contributed by atoms with Crippen LogP contribution >= 0.6 is 0 Å². The summed E-state index contributed by atoms with van der Waals surface area (Å²) in [7, 11) is 0. The number of imidazole rings is 1. The van der Waals surface area contributed by atoms with E-state index in [4.69, 9.17) is 0 Å². The van der Waals surface area contributed by atoms with Crippen LogP contribution in [0.3, 0.4) is 0 Å². The largest absolute Gasteiger partial charge is 0.326 e. The quantitative estimate of drug-likeness (QED) is 0.802. The maximum atomic E-state index is 12.3. The van der Waals surface area contributed by atoms with E-state index in [1.54, 1.807) is 0 Å². The lowest BCUT2D eigenvalue weighted by atomic mass is 10.0. The van der Waals surface area contributed by atoms with Gasteiger partial charge in [-0.05, 0) is 37.5 Å². The zero-order valence-corrected chi connectivity index (χ0v) is 14.0. The second kappa shape index (κ2) is 6.29. The standard InChI is InChI=1S/C20H23N3O/c1-15-6-8-16(9-7-15)14-22-12-10-17(11-13-22)23-19-5-3-2-4-18(19)21-20(23)24/h2-9,17H,10-14H2,1H3,(H,21,24). The Morgan fingerprint density at radius 3 is 2.50 bits per heavy atom. The Bertz CT molecular complexity index is 883. The second-order valence-corrected chi connectivity index (χ2v) is 6.81. The van der Waals surface area contributed by atoms with Crippen LogP contribution in [0.1, 0.15) is 30.0 Å². The van der Waals surface area contributed by atoms with Crippen LogP contribution in [-0.2, 0) is 6.54 Å². The fourth-order valence-corrected chi connectivity index (χ4v) is 3.72. The van der Waals surface area contributed by atoms with Crippen molar-refractivity contribution in [2.75, 3.05) is 13.1 Å². The summed E-state index contributed by atoms with van der Waals surface area (Å²) in [5, 5.41) is 0. The summed E-state index contributed by atoms with van der Waals surface area (Å²) in [6.45, 7) is 5.18. The smallest absolute Gasteiger partial charge is 0.306 e. The number of benzene rings is 2. The zero-order chi connectivity index (χ0) is 16.5. The van der Waals surface area contributed by atoms with Crippen LogP contribution in [0.15, 0.2) is 53.3 Å². The van der Waals surface area contributed by atoms with Gasteiger partial charge in [0, 0.05) is 25.7 Å². The monoisotopic (exact) mass is 321 g/mol. The van der Waals surface area contributed by atoms with Gasteiger partial charge in [-0.1, -0.05) is 42.0 Å². The van der Waals surface area contributed by atoms with Gasteiger partial charge in [0.2, 0.25) is 0 Å². The summed E-state index contributed by atoms with van der Waals surface area (Å²) in [6.07, 6.45) is 2.04. The van der Waals surface area contributed by atoms with Gasteiger partial charge >= 0.3 is 5.69 Å². The minimum Gasteiger partial charge on any atom is -0.306 e. The van der Waals surface area contributed by atoms with E-state index in [0.717, 1.165) is 43.5 Å². The first-order valence-electron chi connectivity index (χ1n) is 8.68. The van der Waals surface area contributed by atoms with E-state index in [0.29, 0.717) is 6.04 Å². The molecule has 2 heterocycles.